The molecule has 0 aliphatic carbocycles. The fourth-order valence-electron chi connectivity index (χ4n) is 5.74. The van der Waals surface area contributed by atoms with E-state index in [2.05, 4.69) is 9.97 Å². The minimum absolute atomic E-state index is 0.178. The summed E-state index contributed by atoms with van der Waals surface area (Å²) in [6.07, 6.45) is 6.69. The summed E-state index contributed by atoms with van der Waals surface area (Å²) >= 11 is 0. The highest BCUT2D eigenvalue weighted by Crippen LogP contribution is 2.18. The van der Waals surface area contributed by atoms with Crippen molar-refractivity contribution in [3.05, 3.63) is 192 Å². The topological polar surface area (TPSA) is 102 Å². The molecule has 1 N–H and O–H groups in total. The number of carbonyl (C=O) groups is 2. The summed E-state index contributed by atoms with van der Waals surface area (Å²) in [7, 11) is 0. The number of aromatic nitrogens is 3. The molecule has 0 saturated carbocycles. The molecule has 0 atom stereocenters. The molecule has 3 aromatic heterocycles. The second-order valence-electron chi connectivity index (χ2n) is 12.2. The van der Waals surface area contributed by atoms with Crippen molar-refractivity contribution in [1.82, 2.24) is 14.5 Å². The van der Waals surface area contributed by atoms with E-state index in [0.29, 0.717) is 28.4 Å². The predicted molar refractivity (Wildman–Crippen MR) is 195 cm³/mol. The first-order valence-electron chi connectivity index (χ1n) is 16.0. The molecule has 7 nitrogen and oxygen atoms in total. The Morgan fingerprint density at radius 3 is 1.88 bits per heavy atom. The Morgan fingerprint density at radius 1 is 0.653 bits per heavy atom. The fraction of sp³-hybridized carbons (Fsp3) is 0.119. The van der Waals surface area contributed by atoms with Crippen LogP contribution in [0.2, 0.25) is 0 Å². The second kappa shape index (κ2) is 13.9. The van der Waals surface area contributed by atoms with Crippen molar-refractivity contribution in [2.75, 3.05) is 0 Å². The van der Waals surface area contributed by atoms with Crippen LogP contribution >= 0.6 is 0 Å². The first kappa shape index (κ1) is 32.7. The van der Waals surface area contributed by atoms with Crippen LogP contribution < -0.4 is 10.9 Å². The molecule has 0 saturated heterocycles. The molecule has 0 fully saturated rings. The fourth-order valence-corrected chi connectivity index (χ4v) is 5.74. The van der Waals surface area contributed by atoms with Crippen molar-refractivity contribution < 1.29 is 9.59 Å². The van der Waals surface area contributed by atoms with Gasteiger partial charge in [0.1, 0.15) is 0 Å². The number of pyridine rings is 3. The lowest BCUT2D eigenvalue weighted by Gasteiger charge is -2.13. The van der Waals surface area contributed by atoms with Crippen molar-refractivity contribution in [3.63, 3.8) is 0 Å². The quantitative estimate of drug-likeness (QED) is 0.187. The number of nitrogens with one attached hydrogen (secondary N) is 1. The van der Waals surface area contributed by atoms with Crippen LogP contribution in [0.3, 0.4) is 0 Å². The predicted octanol–water partition coefficient (Wildman–Crippen LogP) is 7.67. The highest BCUT2D eigenvalue weighted by molar-refractivity contribution is 6.11. The van der Waals surface area contributed by atoms with E-state index in [9.17, 15) is 19.2 Å². The van der Waals surface area contributed by atoms with Gasteiger partial charge < -0.3 is 9.55 Å². The number of H-pyrrole nitrogens is 1. The van der Waals surface area contributed by atoms with Crippen molar-refractivity contribution >= 4 is 33.4 Å². The van der Waals surface area contributed by atoms with Crippen molar-refractivity contribution in [2.45, 2.75) is 34.2 Å². The Kier molecular flexibility index (Phi) is 9.27. The summed E-state index contributed by atoms with van der Waals surface area (Å²) in [5, 5.41) is 1.08. The van der Waals surface area contributed by atoms with Crippen LogP contribution in [0.4, 0.5) is 0 Å². The molecule has 0 radical (unpaired) electrons. The third-order valence-electron chi connectivity index (χ3n) is 8.88. The smallest absolute Gasteiger partial charge is 0.200 e. The molecule has 242 valence electrons. The summed E-state index contributed by atoms with van der Waals surface area (Å²) in [5.41, 5.74) is 7.82. The number of carbonyl (C=O) groups excluding carboxylic acids is 2. The maximum Gasteiger partial charge on any atom is 0.200 e. The minimum Gasteiger partial charge on any atom is -0.360 e. The largest absolute Gasteiger partial charge is 0.360 e. The van der Waals surface area contributed by atoms with E-state index in [-0.39, 0.29) is 33.6 Å². The van der Waals surface area contributed by atoms with Crippen LogP contribution in [0.25, 0.3) is 21.8 Å². The van der Waals surface area contributed by atoms with E-state index in [1.165, 1.54) is 6.20 Å². The lowest BCUT2D eigenvalue weighted by atomic mass is 9.99. The van der Waals surface area contributed by atoms with Crippen LogP contribution in [0.1, 0.15) is 59.7 Å². The number of fused-ring (bicyclic) bond motifs is 2. The highest BCUT2D eigenvalue weighted by atomic mass is 16.1. The molecule has 0 aliphatic heterocycles. The third-order valence-corrected chi connectivity index (χ3v) is 8.88. The number of aryl methyl sites for hydroxylation is 4. The van der Waals surface area contributed by atoms with E-state index in [1.807, 2.05) is 99.0 Å². The number of para-hydroxylation sites is 2. The summed E-state index contributed by atoms with van der Waals surface area (Å²) in [6.45, 7) is 8.44. The lowest BCUT2D eigenvalue weighted by molar-refractivity contribution is 0.102. The lowest BCUT2D eigenvalue weighted by Crippen LogP contribution is -2.20. The maximum atomic E-state index is 13.2. The van der Waals surface area contributed by atoms with Crippen molar-refractivity contribution in [3.8, 4) is 0 Å². The van der Waals surface area contributed by atoms with Gasteiger partial charge in [-0.2, -0.15) is 0 Å². The zero-order valence-corrected chi connectivity index (χ0v) is 27.8. The van der Waals surface area contributed by atoms with Gasteiger partial charge in [0.2, 0.25) is 10.9 Å². The molecule has 3 heterocycles. The van der Waals surface area contributed by atoms with Crippen LogP contribution in [0.15, 0.2) is 131 Å². The number of aromatic amines is 1. The molecule has 0 aliphatic rings. The van der Waals surface area contributed by atoms with Crippen LogP contribution in [-0.2, 0) is 6.54 Å². The molecular formula is C42H35N3O4. The van der Waals surface area contributed by atoms with Gasteiger partial charge in [-0.3, -0.25) is 24.2 Å². The van der Waals surface area contributed by atoms with Crippen LogP contribution in [0, 0.1) is 27.7 Å². The van der Waals surface area contributed by atoms with Gasteiger partial charge in [-0.25, -0.2) is 0 Å². The Balaban J connectivity index is 0.000000177. The number of ketones is 2. The molecule has 7 aromatic rings. The van der Waals surface area contributed by atoms with Crippen LogP contribution in [-0.4, -0.2) is 26.1 Å². The van der Waals surface area contributed by atoms with E-state index in [4.69, 9.17) is 0 Å². The number of rotatable bonds is 6. The number of hydrogen-bond acceptors (Lipinski definition) is 5. The Labute approximate surface area is 283 Å². The highest BCUT2D eigenvalue weighted by Gasteiger charge is 2.18. The van der Waals surface area contributed by atoms with Crippen molar-refractivity contribution in [2.24, 2.45) is 0 Å². The minimum atomic E-state index is -0.251. The van der Waals surface area contributed by atoms with Gasteiger partial charge in [0, 0.05) is 58.7 Å². The van der Waals surface area contributed by atoms with Gasteiger partial charge in [0.15, 0.2) is 11.6 Å². The van der Waals surface area contributed by atoms with Gasteiger partial charge >= 0.3 is 0 Å². The van der Waals surface area contributed by atoms with Gasteiger partial charge in [-0.1, -0.05) is 54.6 Å². The second-order valence-corrected chi connectivity index (χ2v) is 12.2. The van der Waals surface area contributed by atoms with Gasteiger partial charge in [0.05, 0.1) is 16.6 Å². The SMILES string of the molecule is Cc1ccc(C(=O)c2c[nH]c3ccccc3c2=O)cc1C.Cc1ccc(C(=O)c2cn(Cc3cccnc3)c3ccccc3c2=O)cc1C. The van der Waals surface area contributed by atoms with Gasteiger partial charge in [-0.15, -0.1) is 0 Å². The number of nitrogens with zero attached hydrogens (tertiary/aromatic N) is 2. The molecule has 0 spiro atoms. The standard InChI is InChI=1S/C24H20N2O2.C18H15NO2/c1-16-9-10-19(12-17(16)2)23(27)21-15-26(14-18-6-5-11-25-13-18)22-8-4-3-7-20(22)24(21)28;1-11-7-8-13(9-12(11)2)17(20)15-10-19-16-6-4-3-5-14(16)18(15)21/h3-13,15H,14H2,1-2H3;3-10H,1-2H3,(H,19,21). The Morgan fingerprint density at radius 2 is 1.24 bits per heavy atom. The van der Waals surface area contributed by atoms with E-state index in [1.54, 1.807) is 48.9 Å². The molecule has 7 rings (SSSR count). The number of benzene rings is 4. The molecule has 49 heavy (non-hydrogen) atoms. The zero-order chi connectivity index (χ0) is 34.7. The molecule has 7 heteroatoms. The molecular weight excluding hydrogens is 610 g/mol. The summed E-state index contributed by atoms with van der Waals surface area (Å²) in [6, 6.07) is 29.5. The van der Waals surface area contributed by atoms with E-state index in [0.717, 1.165) is 38.9 Å². The number of hydrogen-bond donors (Lipinski definition) is 1. The third kappa shape index (κ3) is 6.78. The first-order chi connectivity index (χ1) is 23.6. The Hall–Kier alpha value is -6.21. The van der Waals surface area contributed by atoms with E-state index >= 15 is 0 Å². The maximum absolute atomic E-state index is 13.2. The van der Waals surface area contributed by atoms with Crippen molar-refractivity contribution in [1.29, 1.82) is 0 Å². The normalized spacial score (nSPS) is 10.9. The molecule has 0 unspecified atom stereocenters. The van der Waals surface area contributed by atoms with E-state index < -0.39 is 0 Å². The average Bonchev–Trinajstić information content (AvgIpc) is 3.12. The summed E-state index contributed by atoms with van der Waals surface area (Å²) in [4.78, 5) is 58.4. The van der Waals surface area contributed by atoms with Gasteiger partial charge in [-0.05, 0) is 98.0 Å². The Bertz CT molecular complexity index is 2490. The van der Waals surface area contributed by atoms with Gasteiger partial charge in [0.25, 0.3) is 0 Å². The first-order valence-corrected chi connectivity index (χ1v) is 16.0. The zero-order valence-electron chi connectivity index (χ0n) is 27.8. The summed E-state index contributed by atoms with van der Waals surface area (Å²) in [5.74, 6) is -0.496. The van der Waals surface area contributed by atoms with Crippen LogP contribution in [0.5, 0.6) is 0 Å². The molecule has 0 bridgehead atoms. The molecule has 0 amide bonds. The summed E-state index contributed by atoms with van der Waals surface area (Å²) < 4.78 is 1.95. The molecule has 4 aromatic carbocycles. The average molecular weight is 646 g/mol. The monoisotopic (exact) mass is 645 g/mol.